The van der Waals surface area contributed by atoms with E-state index in [-0.39, 0.29) is 11.6 Å². The smallest absolute Gasteiger partial charge is 0.247 e. The lowest BCUT2D eigenvalue weighted by Gasteiger charge is -2.10. The molecular weight excluding hydrogens is 421 g/mol. The summed E-state index contributed by atoms with van der Waals surface area (Å²) in [7, 11) is 0. The minimum atomic E-state index is -0.571. The highest BCUT2D eigenvalue weighted by molar-refractivity contribution is 5.83. The van der Waals surface area contributed by atoms with Crippen LogP contribution in [0, 0.1) is 5.82 Å². The lowest BCUT2D eigenvalue weighted by atomic mass is 9.92. The summed E-state index contributed by atoms with van der Waals surface area (Å²) in [6.07, 6.45) is 1.56. The number of rotatable bonds is 5. The van der Waals surface area contributed by atoms with Crippen LogP contribution in [0.25, 0.3) is 33.8 Å². The Labute approximate surface area is 188 Å². The fourth-order valence-electron chi connectivity index (χ4n) is 4.09. The van der Waals surface area contributed by atoms with Gasteiger partial charge in [0.25, 0.3) is 0 Å². The second-order valence-electron chi connectivity index (χ2n) is 8.15. The van der Waals surface area contributed by atoms with Gasteiger partial charge in [0.1, 0.15) is 22.7 Å². The Morgan fingerprint density at radius 1 is 0.788 bits per heavy atom. The monoisotopic (exact) mass is 439 g/mol. The molecule has 6 nitrogen and oxygen atoms in total. The van der Waals surface area contributed by atoms with Crippen LogP contribution in [0.5, 0.6) is 5.75 Å². The molecule has 0 aliphatic heterocycles. The largest absolute Gasteiger partial charge is 0.508 e. The van der Waals surface area contributed by atoms with Crippen LogP contribution < -0.4 is 0 Å². The summed E-state index contributed by atoms with van der Waals surface area (Å²) in [5, 5.41) is 22.6. The molecule has 0 spiro atoms. The highest BCUT2D eigenvalue weighted by Crippen LogP contribution is 2.57. The molecule has 1 saturated carbocycles. The van der Waals surface area contributed by atoms with E-state index in [1.165, 1.54) is 12.1 Å². The Bertz CT molecular complexity index is 1420. The molecule has 0 bridgehead atoms. The van der Waals surface area contributed by atoms with Crippen LogP contribution >= 0.6 is 0 Å². The number of nitrogens with zero attached hydrogens (tertiary/aromatic N) is 3. The van der Waals surface area contributed by atoms with Gasteiger partial charge in [0.05, 0.1) is 5.56 Å². The highest BCUT2D eigenvalue weighted by atomic mass is 19.1. The van der Waals surface area contributed by atoms with Gasteiger partial charge >= 0.3 is 0 Å². The highest BCUT2D eigenvalue weighted by Gasteiger charge is 2.56. The number of hydrogen-bond donors (Lipinski definition) is 1. The number of aromatic hydroxyl groups is 1. The van der Waals surface area contributed by atoms with Crippen LogP contribution in [-0.4, -0.2) is 20.5 Å². The Morgan fingerprint density at radius 3 is 2.18 bits per heavy atom. The molecule has 1 N–H and O–H groups in total. The van der Waals surface area contributed by atoms with Crippen LogP contribution in [0.2, 0.25) is 0 Å². The topological polar surface area (TPSA) is 85.2 Å². The van der Waals surface area contributed by atoms with Crippen molar-refractivity contribution in [1.82, 2.24) is 15.4 Å². The van der Waals surface area contributed by atoms with Crippen LogP contribution in [0.4, 0.5) is 4.39 Å². The summed E-state index contributed by atoms with van der Waals surface area (Å²) in [4.78, 5) is 0. The van der Waals surface area contributed by atoms with Gasteiger partial charge in [0.2, 0.25) is 11.8 Å². The molecule has 7 heteroatoms. The average Bonchev–Trinajstić information content (AvgIpc) is 3.28. The van der Waals surface area contributed by atoms with Gasteiger partial charge in [0, 0.05) is 11.1 Å². The Kier molecular flexibility index (Phi) is 4.36. The number of benzene rings is 3. The van der Waals surface area contributed by atoms with E-state index in [1.807, 2.05) is 42.5 Å². The zero-order valence-electron chi connectivity index (χ0n) is 17.4. The van der Waals surface area contributed by atoms with Gasteiger partial charge in [-0.2, -0.15) is 0 Å². The molecule has 0 radical (unpaired) electrons. The van der Waals surface area contributed by atoms with E-state index < -0.39 is 5.41 Å². The number of halogens is 1. The minimum Gasteiger partial charge on any atom is -0.508 e. The van der Waals surface area contributed by atoms with Gasteiger partial charge in [-0.05, 0) is 66.9 Å². The van der Waals surface area contributed by atoms with Crippen molar-refractivity contribution in [2.75, 3.05) is 0 Å². The van der Waals surface area contributed by atoms with Crippen LogP contribution in [0.15, 0.2) is 87.8 Å². The number of aromatic nitrogens is 3. The average molecular weight is 439 g/mol. The lowest BCUT2D eigenvalue weighted by molar-refractivity contribution is 0.345. The number of hydrogen-bond acceptors (Lipinski definition) is 6. The molecule has 1 fully saturated rings. The fourth-order valence-corrected chi connectivity index (χ4v) is 4.09. The van der Waals surface area contributed by atoms with Gasteiger partial charge in [-0.25, -0.2) is 4.39 Å². The maximum atomic E-state index is 13.3. The minimum absolute atomic E-state index is 0.182. The molecule has 162 valence electrons. The van der Waals surface area contributed by atoms with Crippen molar-refractivity contribution >= 4 is 0 Å². The molecule has 2 aromatic heterocycles. The van der Waals surface area contributed by atoms with E-state index in [2.05, 4.69) is 15.4 Å². The predicted molar refractivity (Wildman–Crippen MR) is 119 cm³/mol. The lowest BCUT2D eigenvalue weighted by Crippen LogP contribution is -2.09. The summed E-state index contributed by atoms with van der Waals surface area (Å²) in [6, 6.07) is 22.7. The van der Waals surface area contributed by atoms with Crippen LogP contribution in [-0.2, 0) is 5.41 Å². The summed E-state index contributed by atoms with van der Waals surface area (Å²) in [5.74, 6) is 1.31. The molecule has 0 unspecified atom stereocenters. The van der Waals surface area contributed by atoms with Crippen molar-refractivity contribution in [2.24, 2.45) is 0 Å². The normalized spacial score (nSPS) is 14.3. The molecule has 2 heterocycles. The first-order chi connectivity index (χ1) is 16.1. The molecule has 0 saturated heterocycles. The number of phenols is 1. The molecular formula is C26H18FN3O3. The van der Waals surface area contributed by atoms with Crippen molar-refractivity contribution < 1.29 is 18.4 Å². The summed E-state index contributed by atoms with van der Waals surface area (Å²) in [6.45, 7) is 0. The first-order valence-electron chi connectivity index (χ1n) is 10.6. The molecule has 1 aliphatic carbocycles. The van der Waals surface area contributed by atoms with E-state index in [0.29, 0.717) is 28.8 Å². The van der Waals surface area contributed by atoms with E-state index in [9.17, 15) is 9.50 Å². The second-order valence-corrected chi connectivity index (χ2v) is 8.15. The zero-order chi connectivity index (χ0) is 22.4. The zero-order valence-corrected chi connectivity index (χ0v) is 17.4. The molecule has 6 rings (SSSR count). The third-order valence-corrected chi connectivity index (χ3v) is 6.01. The maximum absolute atomic E-state index is 13.3. The van der Waals surface area contributed by atoms with E-state index in [4.69, 9.17) is 8.94 Å². The van der Waals surface area contributed by atoms with Crippen molar-refractivity contribution in [1.29, 1.82) is 0 Å². The van der Waals surface area contributed by atoms with Crippen molar-refractivity contribution in [2.45, 2.75) is 18.3 Å². The first kappa shape index (κ1) is 19.4. The maximum Gasteiger partial charge on any atom is 0.247 e. The van der Waals surface area contributed by atoms with Gasteiger partial charge in [-0.1, -0.05) is 35.5 Å². The summed E-state index contributed by atoms with van der Waals surface area (Å²) < 4.78 is 25.3. The second kappa shape index (κ2) is 7.41. The SMILES string of the molecule is Oc1ccc(-c2noc(C3(c4nnc(-c5ccc(F)cc5)o4)CC3)c2-c2ccccc2)cc1. The third kappa shape index (κ3) is 3.29. The van der Waals surface area contributed by atoms with E-state index in [1.54, 1.807) is 24.3 Å². The van der Waals surface area contributed by atoms with Crippen LogP contribution in [0.1, 0.15) is 24.5 Å². The molecule has 0 amide bonds. The standard InChI is InChI=1S/C26H18FN3O3/c27-19-10-6-18(7-11-19)24-28-29-25(32-24)26(14-15-26)23-21(16-4-2-1-3-5-16)22(30-33-23)17-8-12-20(31)13-9-17/h1-13,31H,14-15H2. The molecule has 33 heavy (non-hydrogen) atoms. The van der Waals surface area contributed by atoms with Gasteiger partial charge in [-0.3, -0.25) is 0 Å². The summed E-state index contributed by atoms with van der Waals surface area (Å²) >= 11 is 0. The van der Waals surface area contributed by atoms with Crippen molar-refractivity contribution in [3.05, 3.63) is 96.3 Å². The quantitative estimate of drug-likeness (QED) is 0.362. The van der Waals surface area contributed by atoms with Gasteiger partial charge < -0.3 is 14.0 Å². The molecule has 3 aromatic carbocycles. The van der Waals surface area contributed by atoms with Crippen molar-refractivity contribution in [3.8, 4) is 39.6 Å². The Balaban J connectivity index is 1.47. The Hall–Kier alpha value is -4.26. The Morgan fingerprint density at radius 2 is 1.48 bits per heavy atom. The predicted octanol–water partition coefficient (Wildman–Crippen LogP) is 5.98. The van der Waals surface area contributed by atoms with Crippen molar-refractivity contribution in [3.63, 3.8) is 0 Å². The first-order valence-corrected chi connectivity index (χ1v) is 10.6. The van der Waals surface area contributed by atoms with E-state index in [0.717, 1.165) is 29.5 Å². The molecule has 0 atom stereocenters. The van der Waals surface area contributed by atoms with Gasteiger partial charge in [0.15, 0.2) is 5.76 Å². The summed E-state index contributed by atoms with van der Waals surface area (Å²) in [5.41, 5.74) is 3.41. The molecule has 5 aromatic rings. The van der Waals surface area contributed by atoms with Gasteiger partial charge in [-0.15, -0.1) is 10.2 Å². The number of phenolic OH excluding ortho intramolecular Hbond substituents is 1. The fraction of sp³-hybridized carbons (Fsp3) is 0.115. The molecule has 1 aliphatic rings. The third-order valence-electron chi connectivity index (χ3n) is 6.01. The van der Waals surface area contributed by atoms with Crippen LogP contribution in [0.3, 0.4) is 0 Å². The van der Waals surface area contributed by atoms with E-state index >= 15 is 0 Å².